The van der Waals surface area contributed by atoms with Crippen LogP contribution in [0.5, 0.6) is 5.75 Å². The van der Waals surface area contributed by atoms with Crippen LogP contribution in [0.2, 0.25) is 0 Å². The molecule has 1 unspecified atom stereocenters. The SMILES string of the molecule is CCCC(N)C(=O)N1CCOc2ccccc2C1. The Morgan fingerprint density at radius 1 is 1.50 bits per heavy atom. The normalized spacial score (nSPS) is 16.4. The molecule has 2 N–H and O–H groups in total. The number of fused-ring (bicyclic) bond motifs is 1. The van der Waals surface area contributed by atoms with Gasteiger partial charge in [-0.2, -0.15) is 0 Å². The molecular weight excluding hydrogens is 228 g/mol. The molecule has 0 spiro atoms. The molecule has 2 rings (SSSR count). The number of rotatable bonds is 3. The first-order valence-corrected chi connectivity index (χ1v) is 6.47. The van der Waals surface area contributed by atoms with Gasteiger partial charge in [-0.3, -0.25) is 4.79 Å². The number of para-hydroxylation sites is 1. The van der Waals surface area contributed by atoms with Crippen molar-refractivity contribution in [3.8, 4) is 5.75 Å². The van der Waals surface area contributed by atoms with Gasteiger partial charge in [0.25, 0.3) is 0 Å². The minimum Gasteiger partial charge on any atom is -0.491 e. The first-order valence-electron chi connectivity index (χ1n) is 6.47. The van der Waals surface area contributed by atoms with E-state index >= 15 is 0 Å². The van der Waals surface area contributed by atoms with Crippen LogP contribution in [0.15, 0.2) is 24.3 Å². The van der Waals surface area contributed by atoms with Crippen LogP contribution in [0.1, 0.15) is 25.3 Å². The molecule has 1 heterocycles. The molecule has 0 aliphatic carbocycles. The second kappa shape index (κ2) is 5.87. The van der Waals surface area contributed by atoms with Gasteiger partial charge >= 0.3 is 0 Å². The summed E-state index contributed by atoms with van der Waals surface area (Å²) < 4.78 is 5.63. The largest absolute Gasteiger partial charge is 0.491 e. The van der Waals surface area contributed by atoms with E-state index in [-0.39, 0.29) is 11.9 Å². The maximum absolute atomic E-state index is 12.2. The van der Waals surface area contributed by atoms with Gasteiger partial charge in [-0.05, 0) is 12.5 Å². The Kier molecular flexibility index (Phi) is 4.20. The maximum Gasteiger partial charge on any atom is 0.239 e. The molecule has 1 aromatic carbocycles. The third kappa shape index (κ3) is 2.82. The smallest absolute Gasteiger partial charge is 0.239 e. The van der Waals surface area contributed by atoms with Crippen LogP contribution in [-0.2, 0) is 11.3 Å². The van der Waals surface area contributed by atoms with E-state index in [1.165, 1.54) is 0 Å². The molecule has 1 aromatic rings. The van der Waals surface area contributed by atoms with E-state index in [4.69, 9.17) is 10.5 Å². The van der Waals surface area contributed by atoms with Crippen molar-refractivity contribution in [3.05, 3.63) is 29.8 Å². The molecule has 0 aromatic heterocycles. The fraction of sp³-hybridized carbons (Fsp3) is 0.500. The van der Waals surface area contributed by atoms with Crippen LogP contribution in [-0.4, -0.2) is 30.0 Å². The first kappa shape index (κ1) is 12.9. The molecule has 4 heteroatoms. The van der Waals surface area contributed by atoms with E-state index in [2.05, 4.69) is 0 Å². The number of carbonyl (C=O) groups excluding carboxylic acids is 1. The summed E-state index contributed by atoms with van der Waals surface area (Å²) in [6, 6.07) is 7.45. The number of nitrogens with two attached hydrogens (primary N) is 1. The molecule has 18 heavy (non-hydrogen) atoms. The van der Waals surface area contributed by atoms with Crippen LogP contribution in [0.25, 0.3) is 0 Å². The van der Waals surface area contributed by atoms with E-state index in [0.717, 1.165) is 24.2 Å². The average Bonchev–Trinajstić information content (AvgIpc) is 2.60. The van der Waals surface area contributed by atoms with E-state index < -0.39 is 0 Å². The van der Waals surface area contributed by atoms with Crippen LogP contribution in [0, 0.1) is 0 Å². The fourth-order valence-corrected chi connectivity index (χ4v) is 2.18. The van der Waals surface area contributed by atoms with E-state index in [0.29, 0.717) is 19.7 Å². The molecular formula is C14H20N2O2. The van der Waals surface area contributed by atoms with Crippen molar-refractivity contribution in [2.45, 2.75) is 32.4 Å². The van der Waals surface area contributed by atoms with Crippen molar-refractivity contribution in [3.63, 3.8) is 0 Å². The predicted molar refractivity (Wildman–Crippen MR) is 70.2 cm³/mol. The second-order valence-electron chi connectivity index (χ2n) is 4.61. The monoisotopic (exact) mass is 248 g/mol. The molecule has 1 aliphatic heterocycles. The first-order chi connectivity index (χ1) is 8.72. The summed E-state index contributed by atoms with van der Waals surface area (Å²) in [5, 5.41) is 0. The average molecular weight is 248 g/mol. The van der Waals surface area contributed by atoms with Crippen LogP contribution < -0.4 is 10.5 Å². The van der Waals surface area contributed by atoms with E-state index in [1.54, 1.807) is 4.90 Å². The van der Waals surface area contributed by atoms with Crippen molar-refractivity contribution in [2.75, 3.05) is 13.2 Å². The Morgan fingerprint density at radius 3 is 3.06 bits per heavy atom. The molecule has 0 bridgehead atoms. The van der Waals surface area contributed by atoms with Gasteiger partial charge in [-0.1, -0.05) is 31.5 Å². The van der Waals surface area contributed by atoms with Gasteiger partial charge in [0.2, 0.25) is 5.91 Å². The lowest BCUT2D eigenvalue weighted by Crippen LogP contribution is -2.44. The predicted octanol–water partition coefficient (Wildman–Crippen LogP) is 1.53. The maximum atomic E-state index is 12.2. The van der Waals surface area contributed by atoms with Gasteiger partial charge in [-0.25, -0.2) is 0 Å². The van der Waals surface area contributed by atoms with Gasteiger partial charge in [0.1, 0.15) is 12.4 Å². The Hall–Kier alpha value is -1.55. The van der Waals surface area contributed by atoms with Gasteiger partial charge in [0, 0.05) is 12.1 Å². The number of hydrogen-bond donors (Lipinski definition) is 1. The molecule has 0 saturated carbocycles. The number of ether oxygens (including phenoxy) is 1. The highest BCUT2D eigenvalue weighted by molar-refractivity contribution is 5.81. The quantitative estimate of drug-likeness (QED) is 0.882. The Labute approximate surface area is 108 Å². The summed E-state index contributed by atoms with van der Waals surface area (Å²) in [5.74, 6) is 0.897. The van der Waals surface area contributed by atoms with Crippen LogP contribution >= 0.6 is 0 Å². The molecule has 4 nitrogen and oxygen atoms in total. The zero-order valence-corrected chi connectivity index (χ0v) is 10.8. The summed E-state index contributed by atoms with van der Waals surface area (Å²) in [4.78, 5) is 14.0. The van der Waals surface area contributed by atoms with Gasteiger partial charge < -0.3 is 15.4 Å². The number of carbonyl (C=O) groups is 1. The van der Waals surface area contributed by atoms with Gasteiger partial charge in [0.15, 0.2) is 0 Å². The fourth-order valence-electron chi connectivity index (χ4n) is 2.18. The molecule has 0 fully saturated rings. The highest BCUT2D eigenvalue weighted by atomic mass is 16.5. The Morgan fingerprint density at radius 2 is 2.28 bits per heavy atom. The van der Waals surface area contributed by atoms with Crippen molar-refractivity contribution in [2.24, 2.45) is 5.73 Å². The zero-order valence-electron chi connectivity index (χ0n) is 10.8. The van der Waals surface area contributed by atoms with Crippen LogP contribution in [0.3, 0.4) is 0 Å². The van der Waals surface area contributed by atoms with Gasteiger partial charge in [0.05, 0.1) is 12.6 Å². The number of nitrogens with zero attached hydrogens (tertiary/aromatic N) is 1. The lowest BCUT2D eigenvalue weighted by atomic mass is 10.1. The minimum absolute atomic E-state index is 0.0251. The third-order valence-electron chi connectivity index (χ3n) is 3.18. The second-order valence-corrected chi connectivity index (χ2v) is 4.61. The number of hydrogen-bond acceptors (Lipinski definition) is 3. The summed E-state index contributed by atoms with van der Waals surface area (Å²) in [7, 11) is 0. The van der Waals surface area contributed by atoms with Crippen molar-refractivity contribution < 1.29 is 9.53 Å². The summed E-state index contributed by atoms with van der Waals surface area (Å²) in [6.07, 6.45) is 1.66. The summed E-state index contributed by atoms with van der Waals surface area (Å²) in [6.45, 7) is 3.76. The van der Waals surface area contributed by atoms with Crippen molar-refractivity contribution >= 4 is 5.91 Å². The van der Waals surface area contributed by atoms with E-state index in [9.17, 15) is 4.79 Å². The third-order valence-corrected chi connectivity index (χ3v) is 3.18. The molecule has 1 amide bonds. The molecule has 0 radical (unpaired) electrons. The van der Waals surface area contributed by atoms with Crippen molar-refractivity contribution in [1.82, 2.24) is 4.90 Å². The number of benzene rings is 1. The number of amides is 1. The van der Waals surface area contributed by atoms with Gasteiger partial charge in [-0.15, -0.1) is 0 Å². The molecule has 1 atom stereocenters. The van der Waals surface area contributed by atoms with Crippen LogP contribution in [0.4, 0.5) is 0 Å². The van der Waals surface area contributed by atoms with Crippen molar-refractivity contribution in [1.29, 1.82) is 0 Å². The Bertz CT molecular complexity index is 420. The summed E-state index contributed by atoms with van der Waals surface area (Å²) in [5.41, 5.74) is 6.95. The standard InChI is InChI=1S/C14H20N2O2/c1-2-5-12(15)14(17)16-8-9-18-13-7-4-3-6-11(13)10-16/h3-4,6-7,12H,2,5,8-10,15H2,1H3. The highest BCUT2D eigenvalue weighted by Crippen LogP contribution is 2.22. The molecule has 0 saturated heterocycles. The lowest BCUT2D eigenvalue weighted by molar-refractivity contribution is -0.133. The van der Waals surface area contributed by atoms with E-state index in [1.807, 2.05) is 31.2 Å². The molecule has 98 valence electrons. The molecule has 1 aliphatic rings. The zero-order chi connectivity index (χ0) is 13.0. The summed E-state index contributed by atoms with van der Waals surface area (Å²) >= 11 is 0. The lowest BCUT2D eigenvalue weighted by Gasteiger charge is -2.23. The Balaban J connectivity index is 2.10. The minimum atomic E-state index is -0.389. The topological polar surface area (TPSA) is 55.6 Å². The highest BCUT2D eigenvalue weighted by Gasteiger charge is 2.23.